The van der Waals surface area contributed by atoms with E-state index in [9.17, 15) is 4.79 Å². The average Bonchev–Trinajstić information content (AvgIpc) is 3.00. The first-order chi connectivity index (χ1) is 11.6. The molecule has 130 valence electrons. The van der Waals surface area contributed by atoms with Crippen LogP contribution >= 0.6 is 0 Å². The van der Waals surface area contributed by atoms with E-state index >= 15 is 0 Å². The van der Waals surface area contributed by atoms with Crippen LogP contribution in [0.15, 0.2) is 23.5 Å². The van der Waals surface area contributed by atoms with Crippen molar-refractivity contribution in [3.05, 3.63) is 23.5 Å². The third-order valence-electron chi connectivity index (χ3n) is 6.62. The fourth-order valence-electron chi connectivity index (χ4n) is 5.62. The Bertz CT molecular complexity index is 638. The molecule has 1 saturated heterocycles. The first-order valence-corrected chi connectivity index (χ1v) is 9.19. The Morgan fingerprint density at radius 1 is 1.38 bits per heavy atom. The maximum atomic E-state index is 10.8. The second-order valence-corrected chi connectivity index (χ2v) is 7.94. The minimum atomic E-state index is -0.715. The zero-order valence-electron chi connectivity index (χ0n) is 13.9. The zero-order valence-corrected chi connectivity index (χ0v) is 13.9. The van der Waals surface area contributed by atoms with Gasteiger partial charge in [0.05, 0.1) is 12.2 Å². The van der Waals surface area contributed by atoms with Crippen molar-refractivity contribution >= 4 is 5.97 Å². The summed E-state index contributed by atoms with van der Waals surface area (Å²) in [4.78, 5) is 10.8. The number of rotatable bonds is 4. The predicted molar refractivity (Wildman–Crippen MR) is 85.0 cm³/mol. The fraction of sp³-hybridized carbons (Fsp3) is 0.737. The molecule has 0 radical (unpaired) electrons. The van der Waals surface area contributed by atoms with Crippen LogP contribution < -0.4 is 0 Å². The molecule has 5 heteroatoms. The highest BCUT2D eigenvalue weighted by atomic mass is 16.7. The molecule has 3 aliphatic carbocycles. The summed E-state index contributed by atoms with van der Waals surface area (Å²) < 4.78 is 18.5. The molecule has 0 bridgehead atoms. The van der Waals surface area contributed by atoms with Gasteiger partial charge in [-0.3, -0.25) is 4.79 Å². The maximum Gasteiger partial charge on any atom is 0.303 e. The Kier molecular flexibility index (Phi) is 3.17. The smallest absolute Gasteiger partial charge is 0.303 e. The fourth-order valence-corrected chi connectivity index (χ4v) is 5.62. The summed E-state index contributed by atoms with van der Waals surface area (Å²) in [7, 11) is 0. The van der Waals surface area contributed by atoms with E-state index in [4.69, 9.17) is 19.3 Å². The van der Waals surface area contributed by atoms with Crippen molar-refractivity contribution in [3.8, 4) is 0 Å². The van der Waals surface area contributed by atoms with Crippen molar-refractivity contribution in [2.24, 2.45) is 17.3 Å². The summed E-state index contributed by atoms with van der Waals surface area (Å²) in [5.74, 6) is 1.16. The van der Waals surface area contributed by atoms with Crippen LogP contribution in [-0.4, -0.2) is 35.7 Å². The molecule has 0 aromatic carbocycles. The zero-order chi connectivity index (χ0) is 16.5. The average molecular weight is 332 g/mol. The number of hydrogen-bond donors (Lipinski definition) is 1. The number of hydrogen-bond acceptors (Lipinski definition) is 4. The van der Waals surface area contributed by atoms with E-state index in [1.165, 1.54) is 5.57 Å². The molecule has 7 atom stereocenters. The molecule has 3 fully saturated rings. The molecule has 24 heavy (non-hydrogen) atoms. The standard InChI is InChI=1S/C19H24O5/c1-10-22-14-8-13-17(19(14)9-15(19)23-10)12-6-2-4-11(18(12)24-13)5-3-7-16(20)21/h2,6,10-11,13-15,17H,3-5,7-9H2,1H3,(H,20,21)/t10?,11?,13-,14+,15+,17-,19-/m0/s1. The van der Waals surface area contributed by atoms with Crippen LogP contribution in [-0.2, 0) is 19.0 Å². The maximum absolute atomic E-state index is 10.8. The van der Waals surface area contributed by atoms with Gasteiger partial charge in [0.2, 0.25) is 0 Å². The highest BCUT2D eigenvalue weighted by molar-refractivity contribution is 5.66. The number of fused-ring (bicyclic) bond motifs is 2. The second kappa shape index (κ2) is 5.09. The van der Waals surface area contributed by atoms with Gasteiger partial charge in [0, 0.05) is 30.1 Å². The summed E-state index contributed by atoms with van der Waals surface area (Å²) >= 11 is 0. The Morgan fingerprint density at radius 2 is 2.21 bits per heavy atom. The molecule has 2 saturated carbocycles. The number of carbonyl (C=O) groups is 1. The molecule has 0 amide bonds. The number of aliphatic carboxylic acids is 1. The normalized spacial score (nSPS) is 47.5. The lowest BCUT2D eigenvalue weighted by molar-refractivity contribution is -0.224. The molecule has 2 aliphatic heterocycles. The van der Waals surface area contributed by atoms with Gasteiger partial charge in [-0.25, -0.2) is 0 Å². The van der Waals surface area contributed by atoms with Crippen LogP contribution in [0.5, 0.6) is 0 Å². The van der Waals surface area contributed by atoms with Crippen molar-refractivity contribution < 1.29 is 24.1 Å². The van der Waals surface area contributed by atoms with Gasteiger partial charge >= 0.3 is 5.97 Å². The lowest BCUT2D eigenvalue weighted by Gasteiger charge is -2.33. The molecule has 5 nitrogen and oxygen atoms in total. The van der Waals surface area contributed by atoms with Crippen LogP contribution in [0.3, 0.4) is 0 Å². The van der Waals surface area contributed by atoms with Crippen molar-refractivity contribution in [1.29, 1.82) is 0 Å². The van der Waals surface area contributed by atoms with E-state index < -0.39 is 5.97 Å². The highest BCUT2D eigenvalue weighted by Crippen LogP contribution is 2.70. The summed E-state index contributed by atoms with van der Waals surface area (Å²) in [6.45, 7) is 1.99. The molecule has 0 aromatic rings. The van der Waals surface area contributed by atoms with E-state index in [0.29, 0.717) is 24.4 Å². The minimum Gasteiger partial charge on any atom is -0.493 e. The Labute approximate surface area is 141 Å². The third kappa shape index (κ3) is 1.97. The summed E-state index contributed by atoms with van der Waals surface area (Å²) in [6, 6.07) is 0. The molecule has 0 aromatic heterocycles. The van der Waals surface area contributed by atoms with E-state index in [1.807, 2.05) is 6.92 Å². The molecular weight excluding hydrogens is 308 g/mol. The van der Waals surface area contributed by atoms with Crippen LogP contribution in [0.2, 0.25) is 0 Å². The quantitative estimate of drug-likeness (QED) is 0.857. The first-order valence-electron chi connectivity index (χ1n) is 9.19. The predicted octanol–water partition coefficient (Wildman–Crippen LogP) is 3.01. The van der Waals surface area contributed by atoms with Crippen molar-refractivity contribution in [3.63, 3.8) is 0 Å². The summed E-state index contributed by atoms with van der Waals surface area (Å²) in [5, 5.41) is 8.87. The molecule has 1 N–H and O–H groups in total. The highest BCUT2D eigenvalue weighted by Gasteiger charge is 2.75. The van der Waals surface area contributed by atoms with E-state index in [1.54, 1.807) is 0 Å². The summed E-state index contributed by atoms with van der Waals surface area (Å²) in [5.41, 5.74) is 1.47. The lowest BCUT2D eigenvalue weighted by atomic mass is 9.79. The number of carboxylic acid groups (broad SMARTS) is 1. The number of carboxylic acids is 1. The van der Waals surface area contributed by atoms with Gasteiger partial charge in [-0.15, -0.1) is 0 Å². The van der Waals surface area contributed by atoms with Crippen molar-refractivity contribution in [2.45, 2.75) is 70.1 Å². The van der Waals surface area contributed by atoms with Gasteiger partial charge < -0.3 is 19.3 Å². The van der Waals surface area contributed by atoms with Crippen molar-refractivity contribution in [2.75, 3.05) is 0 Å². The number of allylic oxidation sites excluding steroid dienone is 3. The van der Waals surface area contributed by atoms with Gasteiger partial charge in [0.1, 0.15) is 11.9 Å². The van der Waals surface area contributed by atoms with Crippen LogP contribution in [0, 0.1) is 17.3 Å². The lowest BCUT2D eigenvalue weighted by Crippen LogP contribution is -2.38. The molecule has 1 spiro atoms. The van der Waals surface area contributed by atoms with Gasteiger partial charge in [0.15, 0.2) is 6.29 Å². The molecule has 2 heterocycles. The van der Waals surface area contributed by atoms with Crippen LogP contribution in [0.4, 0.5) is 0 Å². The minimum absolute atomic E-state index is 0.103. The Morgan fingerprint density at radius 3 is 3.04 bits per heavy atom. The second-order valence-electron chi connectivity index (χ2n) is 7.94. The SMILES string of the molecule is CC1O[C@@H]2C[C@@H]3OC4=C(C=CCC4CCCC(=O)O)[C@@H]3[C@@]23C[C@H]3O1. The van der Waals surface area contributed by atoms with E-state index in [0.717, 1.165) is 31.4 Å². The number of ether oxygens (including phenoxy) is 3. The first kappa shape index (κ1) is 15.0. The summed E-state index contributed by atoms with van der Waals surface area (Å²) in [6.07, 6.45) is 10.0. The van der Waals surface area contributed by atoms with Crippen molar-refractivity contribution in [1.82, 2.24) is 0 Å². The van der Waals surface area contributed by atoms with Gasteiger partial charge in [-0.05, 0) is 38.2 Å². The Balaban J connectivity index is 1.38. The monoisotopic (exact) mass is 332 g/mol. The largest absolute Gasteiger partial charge is 0.493 e. The third-order valence-corrected chi connectivity index (χ3v) is 6.62. The molecular formula is C19H24O5. The topological polar surface area (TPSA) is 65.0 Å². The van der Waals surface area contributed by atoms with Gasteiger partial charge in [-0.1, -0.05) is 12.2 Å². The Hall–Kier alpha value is -1.33. The van der Waals surface area contributed by atoms with Crippen LogP contribution in [0.1, 0.15) is 45.4 Å². The van der Waals surface area contributed by atoms with Crippen LogP contribution in [0.25, 0.3) is 0 Å². The van der Waals surface area contributed by atoms with Gasteiger partial charge in [0.25, 0.3) is 0 Å². The molecule has 2 unspecified atom stereocenters. The molecule has 5 rings (SSSR count). The van der Waals surface area contributed by atoms with E-state index in [-0.39, 0.29) is 30.3 Å². The molecule has 5 aliphatic rings. The van der Waals surface area contributed by atoms with Gasteiger partial charge in [-0.2, -0.15) is 0 Å². The van der Waals surface area contributed by atoms with E-state index in [2.05, 4.69) is 12.2 Å².